The Bertz CT molecular complexity index is 891. The summed E-state index contributed by atoms with van der Waals surface area (Å²) < 4.78 is 28.0. The van der Waals surface area contributed by atoms with Crippen LogP contribution in [0.3, 0.4) is 0 Å². The number of aryl methyl sites for hydroxylation is 1. The molecule has 8 heteroatoms. The number of amides is 1. The number of nitrogens with zero attached hydrogens (tertiary/aromatic N) is 2. The summed E-state index contributed by atoms with van der Waals surface area (Å²) in [6, 6.07) is 8.90. The van der Waals surface area contributed by atoms with Gasteiger partial charge in [-0.25, -0.2) is 8.42 Å². The van der Waals surface area contributed by atoms with Gasteiger partial charge in [0.15, 0.2) is 0 Å². The summed E-state index contributed by atoms with van der Waals surface area (Å²) in [4.78, 5) is 16.7. The van der Waals surface area contributed by atoms with Gasteiger partial charge < -0.3 is 5.32 Å². The van der Waals surface area contributed by atoms with E-state index in [9.17, 15) is 13.2 Å². The third-order valence-corrected chi connectivity index (χ3v) is 7.00. The normalized spacial score (nSPS) is 16.2. The summed E-state index contributed by atoms with van der Waals surface area (Å²) in [6.07, 6.45) is 4.44. The molecule has 1 aromatic heterocycles. The predicted octanol–water partition coefficient (Wildman–Crippen LogP) is 2.87. The molecule has 0 unspecified atom stereocenters. The largest absolute Gasteiger partial charge is 0.352 e. The van der Waals surface area contributed by atoms with Crippen molar-refractivity contribution in [1.82, 2.24) is 14.6 Å². The van der Waals surface area contributed by atoms with Crippen LogP contribution in [-0.4, -0.2) is 36.7 Å². The lowest BCUT2D eigenvalue weighted by atomic mass is 9.97. The average Bonchev–Trinajstić information content (AvgIpc) is 2.66. The van der Waals surface area contributed by atoms with Crippen molar-refractivity contribution in [2.24, 2.45) is 5.92 Å². The Morgan fingerprint density at radius 1 is 1.30 bits per heavy atom. The van der Waals surface area contributed by atoms with Gasteiger partial charge in [0.25, 0.3) is 0 Å². The molecule has 1 aliphatic heterocycles. The van der Waals surface area contributed by atoms with E-state index in [-0.39, 0.29) is 16.7 Å². The zero-order chi connectivity index (χ0) is 19.4. The van der Waals surface area contributed by atoms with Crippen LogP contribution in [0.2, 0.25) is 0 Å². The molecule has 1 fully saturated rings. The summed E-state index contributed by atoms with van der Waals surface area (Å²) in [5.74, 6) is -0.202. The summed E-state index contributed by atoms with van der Waals surface area (Å²) in [6.45, 7) is 2.99. The van der Waals surface area contributed by atoms with Crippen LogP contribution in [0.1, 0.15) is 24.0 Å². The van der Waals surface area contributed by atoms with Crippen LogP contribution < -0.4 is 5.32 Å². The minimum Gasteiger partial charge on any atom is -0.352 e. The van der Waals surface area contributed by atoms with E-state index in [0.29, 0.717) is 32.5 Å². The fraction of sp³-hybridized carbons (Fsp3) is 0.368. The smallest absolute Gasteiger partial charge is 0.243 e. The molecule has 2 heterocycles. The van der Waals surface area contributed by atoms with Crippen LogP contribution in [0.4, 0.5) is 0 Å². The van der Waals surface area contributed by atoms with Crippen molar-refractivity contribution >= 4 is 31.9 Å². The van der Waals surface area contributed by atoms with E-state index in [0.717, 1.165) is 15.6 Å². The SMILES string of the molecule is Cc1cc(Br)cc(S(=O)(=O)N2CCC(C(=O)NCc3cccnc3)CC2)c1. The monoisotopic (exact) mass is 451 g/mol. The summed E-state index contributed by atoms with van der Waals surface area (Å²) in [5, 5.41) is 2.92. The number of aromatic nitrogens is 1. The van der Waals surface area contributed by atoms with Crippen molar-refractivity contribution in [3.63, 3.8) is 0 Å². The molecule has 3 rings (SSSR count). The van der Waals surface area contributed by atoms with Crippen LogP contribution in [-0.2, 0) is 21.4 Å². The molecule has 0 radical (unpaired) electrons. The van der Waals surface area contributed by atoms with Gasteiger partial charge in [0.1, 0.15) is 0 Å². The van der Waals surface area contributed by atoms with Gasteiger partial charge in [-0.2, -0.15) is 4.31 Å². The highest BCUT2D eigenvalue weighted by atomic mass is 79.9. The molecule has 0 saturated carbocycles. The first-order chi connectivity index (χ1) is 12.9. The number of benzene rings is 1. The molecule has 0 atom stereocenters. The molecule has 1 saturated heterocycles. The molecule has 2 aromatic rings. The Hall–Kier alpha value is -1.77. The minimum atomic E-state index is -3.55. The number of piperidine rings is 1. The van der Waals surface area contributed by atoms with Crippen LogP contribution >= 0.6 is 15.9 Å². The quantitative estimate of drug-likeness (QED) is 0.757. The number of pyridine rings is 1. The minimum absolute atomic E-state index is 0.0331. The topological polar surface area (TPSA) is 79.4 Å². The number of hydrogen-bond donors (Lipinski definition) is 1. The predicted molar refractivity (Wildman–Crippen MR) is 106 cm³/mol. The molecule has 6 nitrogen and oxygen atoms in total. The van der Waals surface area contributed by atoms with Gasteiger partial charge in [-0.1, -0.05) is 22.0 Å². The Labute approximate surface area is 168 Å². The molecule has 1 aliphatic rings. The fourth-order valence-corrected chi connectivity index (χ4v) is 5.55. The average molecular weight is 452 g/mol. The van der Waals surface area contributed by atoms with E-state index in [1.807, 2.05) is 25.1 Å². The number of carbonyl (C=O) groups is 1. The Morgan fingerprint density at radius 3 is 2.67 bits per heavy atom. The van der Waals surface area contributed by atoms with Gasteiger partial charge in [0, 0.05) is 42.4 Å². The van der Waals surface area contributed by atoms with Gasteiger partial charge in [-0.15, -0.1) is 0 Å². The van der Waals surface area contributed by atoms with E-state index in [2.05, 4.69) is 26.2 Å². The number of hydrogen-bond acceptors (Lipinski definition) is 4. The lowest BCUT2D eigenvalue weighted by Crippen LogP contribution is -2.42. The number of halogens is 1. The number of carbonyl (C=O) groups excluding carboxylic acids is 1. The van der Waals surface area contributed by atoms with Crippen LogP contribution in [0, 0.1) is 12.8 Å². The van der Waals surface area contributed by atoms with Crippen molar-refractivity contribution in [1.29, 1.82) is 0 Å². The maximum absolute atomic E-state index is 12.9. The van der Waals surface area contributed by atoms with E-state index >= 15 is 0 Å². The molecule has 0 spiro atoms. The molecule has 0 aliphatic carbocycles. The van der Waals surface area contributed by atoms with Crippen molar-refractivity contribution in [3.8, 4) is 0 Å². The number of nitrogens with one attached hydrogen (secondary N) is 1. The Kier molecular flexibility index (Phi) is 6.29. The zero-order valence-corrected chi connectivity index (χ0v) is 17.5. The molecule has 1 aromatic carbocycles. The lowest BCUT2D eigenvalue weighted by Gasteiger charge is -2.30. The highest BCUT2D eigenvalue weighted by Gasteiger charge is 2.32. The molecular formula is C19H22BrN3O3S. The van der Waals surface area contributed by atoms with Crippen LogP contribution in [0.5, 0.6) is 0 Å². The van der Waals surface area contributed by atoms with Gasteiger partial charge in [-0.3, -0.25) is 9.78 Å². The Balaban J connectivity index is 1.58. The summed E-state index contributed by atoms with van der Waals surface area (Å²) in [7, 11) is -3.55. The first kappa shape index (κ1) is 20.0. The standard InChI is InChI=1S/C19H22BrN3O3S/c1-14-9-17(20)11-18(10-14)27(25,26)23-7-4-16(5-8-23)19(24)22-13-15-3-2-6-21-12-15/h2-3,6,9-12,16H,4-5,7-8,13H2,1H3,(H,22,24). The first-order valence-corrected chi connectivity index (χ1v) is 11.0. The van der Waals surface area contributed by atoms with Gasteiger partial charge >= 0.3 is 0 Å². The van der Waals surface area contributed by atoms with Gasteiger partial charge in [0.2, 0.25) is 15.9 Å². The second-order valence-corrected chi connectivity index (χ2v) is 9.58. The second-order valence-electron chi connectivity index (χ2n) is 6.72. The molecule has 1 amide bonds. The summed E-state index contributed by atoms with van der Waals surface area (Å²) in [5.41, 5.74) is 1.82. The fourth-order valence-electron chi connectivity index (χ4n) is 3.20. The highest BCUT2D eigenvalue weighted by molar-refractivity contribution is 9.10. The van der Waals surface area contributed by atoms with E-state index < -0.39 is 10.0 Å². The number of sulfonamides is 1. The van der Waals surface area contributed by atoms with E-state index in [4.69, 9.17) is 0 Å². The highest BCUT2D eigenvalue weighted by Crippen LogP contribution is 2.26. The zero-order valence-electron chi connectivity index (χ0n) is 15.1. The maximum atomic E-state index is 12.9. The number of rotatable bonds is 5. The first-order valence-electron chi connectivity index (χ1n) is 8.80. The lowest BCUT2D eigenvalue weighted by molar-refractivity contribution is -0.126. The van der Waals surface area contributed by atoms with E-state index in [1.54, 1.807) is 24.5 Å². The molecule has 144 valence electrons. The van der Waals surface area contributed by atoms with Gasteiger partial charge in [0.05, 0.1) is 4.90 Å². The molecule has 27 heavy (non-hydrogen) atoms. The maximum Gasteiger partial charge on any atom is 0.243 e. The van der Waals surface area contributed by atoms with Crippen molar-refractivity contribution < 1.29 is 13.2 Å². The third kappa shape index (κ3) is 4.94. The van der Waals surface area contributed by atoms with Crippen LogP contribution in [0.15, 0.2) is 52.1 Å². The Morgan fingerprint density at radius 2 is 2.04 bits per heavy atom. The van der Waals surface area contributed by atoms with Crippen LogP contribution in [0.25, 0.3) is 0 Å². The van der Waals surface area contributed by atoms with Crippen molar-refractivity contribution in [3.05, 3.63) is 58.3 Å². The molecule has 1 N–H and O–H groups in total. The second kappa shape index (κ2) is 8.50. The molecular weight excluding hydrogens is 430 g/mol. The van der Waals surface area contributed by atoms with Crippen molar-refractivity contribution in [2.75, 3.05) is 13.1 Å². The van der Waals surface area contributed by atoms with E-state index in [1.165, 1.54) is 4.31 Å². The van der Waals surface area contributed by atoms with Crippen molar-refractivity contribution in [2.45, 2.75) is 31.2 Å². The van der Waals surface area contributed by atoms with Gasteiger partial charge in [-0.05, 0) is 55.2 Å². The molecule has 0 bridgehead atoms. The summed E-state index contributed by atoms with van der Waals surface area (Å²) >= 11 is 3.35. The third-order valence-electron chi connectivity index (χ3n) is 4.67.